The first kappa shape index (κ1) is 18.4. The Labute approximate surface area is 178 Å². The number of benzene rings is 3. The summed E-state index contributed by atoms with van der Waals surface area (Å²) in [4.78, 5) is 4.89. The highest BCUT2D eigenvalue weighted by atomic mass is 32.1. The van der Waals surface area contributed by atoms with E-state index in [4.69, 9.17) is 12.2 Å². The van der Waals surface area contributed by atoms with Crippen molar-refractivity contribution in [2.24, 2.45) is 0 Å². The molecule has 0 amide bonds. The Bertz CT molecular complexity index is 947. The molecule has 3 aromatic carbocycles. The van der Waals surface area contributed by atoms with Gasteiger partial charge in [0, 0.05) is 18.5 Å². The van der Waals surface area contributed by atoms with Gasteiger partial charge in [0.15, 0.2) is 5.11 Å². The molecule has 3 aromatic rings. The van der Waals surface area contributed by atoms with E-state index in [0.29, 0.717) is 12.1 Å². The monoisotopic (exact) mass is 398 g/mol. The van der Waals surface area contributed by atoms with Crippen molar-refractivity contribution in [2.45, 2.75) is 30.8 Å². The molecule has 0 aliphatic carbocycles. The third kappa shape index (κ3) is 3.05. The Morgan fingerprint density at radius 2 is 1.34 bits per heavy atom. The third-order valence-electron chi connectivity index (χ3n) is 6.77. The molecule has 2 aliphatic rings. The lowest BCUT2D eigenvalue weighted by molar-refractivity contribution is 0.343. The average Bonchev–Trinajstić information content (AvgIpc) is 3.32. The molecule has 0 aromatic heterocycles. The van der Waals surface area contributed by atoms with Crippen molar-refractivity contribution >= 4 is 17.3 Å². The second-order valence-electron chi connectivity index (χ2n) is 8.32. The molecule has 3 heteroatoms. The lowest BCUT2D eigenvalue weighted by Crippen LogP contribution is -2.39. The van der Waals surface area contributed by atoms with Crippen LogP contribution in [0, 0.1) is 0 Å². The van der Waals surface area contributed by atoms with Gasteiger partial charge < -0.3 is 9.80 Å². The molecular formula is C26H26N2S. The predicted octanol–water partition coefficient (Wildman–Crippen LogP) is 5.41. The van der Waals surface area contributed by atoms with E-state index in [1.165, 1.54) is 16.7 Å². The molecule has 2 fully saturated rings. The minimum absolute atomic E-state index is 0.000673. The van der Waals surface area contributed by atoms with Crippen molar-refractivity contribution in [3.05, 3.63) is 108 Å². The van der Waals surface area contributed by atoms with Crippen molar-refractivity contribution in [2.75, 3.05) is 13.1 Å². The molecule has 0 spiro atoms. The van der Waals surface area contributed by atoms with Crippen LogP contribution >= 0.6 is 12.2 Å². The van der Waals surface area contributed by atoms with E-state index in [0.717, 1.165) is 24.6 Å². The largest absolute Gasteiger partial charge is 0.343 e. The summed E-state index contributed by atoms with van der Waals surface area (Å²) in [5.74, 6) is 0. The summed E-state index contributed by atoms with van der Waals surface area (Å²) in [6, 6.07) is 33.4. The van der Waals surface area contributed by atoms with Crippen LogP contribution in [0.4, 0.5) is 0 Å². The lowest BCUT2D eigenvalue weighted by atomic mass is 9.73. The summed E-state index contributed by atoms with van der Waals surface area (Å²) in [5.41, 5.74) is 4.12. The maximum atomic E-state index is 6.01. The van der Waals surface area contributed by atoms with E-state index >= 15 is 0 Å². The highest BCUT2D eigenvalue weighted by Crippen LogP contribution is 2.47. The van der Waals surface area contributed by atoms with E-state index in [2.05, 4.69) is 108 Å². The molecule has 146 valence electrons. The maximum Gasteiger partial charge on any atom is 0.172 e. The third-order valence-corrected chi connectivity index (χ3v) is 7.24. The van der Waals surface area contributed by atoms with Gasteiger partial charge in [-0.25, -0.2) is 0 Å². The Morgan fingerprint density at radius 3 is 1.86 bits per heavy atom. The summed E-state index contributed by atoms with van der Waals surface area (Å²) in [5, 5.41) is 1.00. The van der Waals surface area contributed by atoms with Gasteiger partial charge in [-0.05, 0) is 42.3 Å². The van der Waals surface area contributed by atoms with E-state index in [1.807, 2.05) is 0 Å². The number of fused-ring (bicyclic) bond motifs is 1. The van der Waals surface area contributed by atoms with Crippen LogP contribution in [0.25, 0.3) is 0 Å². The molecule has 29 heavy (non-hydrogen) atoms. The zero-order chi connectivity index (χ0) is 19.8. The Morgan fingerprint density at radius 1 is 0.828 bits per heavy atom. The second-order valence-corrected chi connectivity index (χ2v) is 8.69. The van der Waals surface area contributed by atoms with Gasteiger partial charge in [-0.15, -0.1) is 0 Å². The molecule has 2 aliphatic heterocycles. The van der Waals surface area contributed by atoms with Gasteiger partial charge in [-0.2, -0.15) is 0 Å². The zero-order valence-electron chi connectivity index (χ0n) is 16.7. The van der Waals surface area contributed by atoms with Crippen molar-refractivity contribution < 1.29 is 0 Å². The van der Waals surface area contributed by atoms with E-state index < -0.39 is 0 Å². The predicted molar refractivity (Wildman–Crippen MR) is 123 cm³/mol. The number of hydrogen-bond acceptors (Lipinski definition) is 1. The molecular weight excluding hydrogens is 372 g/mol. The quantitative estimate of drug-likeness (QED) is 0.543. The summed E-state index contributed by atoms with van der Waals surface area (Å²) >= 11 is 6.01. The molecule has 0 saturated carbocycles. The molecule has 0 radical (unpaired) electrons. The zero-order valence-corrected chi connectivity index (χ0v) is 17.6. The number of hydrogen-bond donors (Lipinski definition) is 0. The molecule has 2 heterocycles. The summed E-state index contributed by atoms with van der Waals surface area (Å²) < 4.78 is 0. The van der Waals surface area contributed by atoms with Gasteiger partial charge in [-0.1, -0.05) is 91.0 Å². The lowest BCUT2D eigenvalue weighted by Gasteiger charge is -2.34. The average molecular weight is 399 g/mol. The van der Waals surface area contributed by atoms with Crippen molar-refractivity contribution in [3.8, 4) is 0 Å². The number of nitrogens with zero attached hydrogens (tertiary/aromatic N) is 2. The fraction of sp³-hybridized carbons (Fsp3) is 0.269. The minimum atomic E-state index is -0.000673. The molecule has 2 saturated heterocycles. The number of thiocarbonyl (C=S) groups is 1. The van der Waals surface area contributed by atoms with Crippen molar-refractivity contribution in [3.63, 3.8) is 0 Å². The van der Waals surface area contributed by atoms with E-state index in [1.54, 1.807) is 0 Å². The molecule has 5 rings (SSSR count). The second kappa shape index (κ2) is 7.31. The van der Waals surface area contributed by atoms with Crippen molar-refractivity contribution in [1.29, 1.82) is 0 Å². The van der Waals surface area contributed by atoms with Crippen LogP contribution in [0.15, 0.2) is 91.0 Å². The Balaban J connectivity index is 1.47. The van der Waals surface area contributed by atoms with Gasteiger partial charge in [-0.3, -0.25) is 0 Å². The smallest absolute Gasteiger partial charge is 0.172 e. The van der Waals surface area contributed by atoms with Gasteiger partial charge in [0.1, 0.15) is 0 Å². The molecule has 0 N–H and O–H groups in total. The molecule has 0 unspecified atom stereocenters. The SMILES string of the molecule is C[C@@H](c1ccccc1)N1C[C@@H]2CC(c3ccccc3)(c3ccccc3)CN2C1=S. The molecule has 2 nitrogen and oxygen atoms in total. The van der Waals surface area contributed by atoms with E-state index in [9.17, 15) is 0 Å². The topological polar surface area (TPSA) is 6.48 Å². The Kier molecular flexibility index (Phi) is 4.63. The van der Waals surface area contributed by atoms with Crippen LogP contribution < -0.4 is 0 Å². The van der Waals surface area contributed by atoms with Crippen LogP contribution in [-0.2, 0) is 5.41 Å². The van der Waals surface area contributed by atoms with Crippen LogP contribution in [0.1, 0.15) is 36.1 Å². The standard InChI is InChI=1S/C26H26N2S/c1-20(21-11-5-2-6-12-21)27-18-24-17-26(19-28(24)25(27)29,22-13-7-3-8-14-22)23-15-9-4-10-16-23/h2-16,20,24H,17-19H2,1H3/t20-,24-/m0/s1. The molecule has 2 atom stereocenters. The maximum absolute atomic E-state index is 6.01. The van der Waals surface area contributed by atoms with Gasteiger partial charge in [0.2, 0.25) is 0 Å². The first-order valence-corrected chi connectivity index (χ1v) is 10.8. The van der Waals surface area contributed by atoms with Gasteiger partial charge >= 0.3 is 0 Å². The van der Waals surface area contributed by atoms with Crippen LogP contribution in [0.2, 0.25) is 0 Å². The fourth-order valence-electron chi connectivity index (χ4n) is 5.19. The highest BCUT2D eigenvalue weighted by Gasteiger charge is 2.51. The van der Waals surface area contributed by atoms with Crippen LogP contribution in [0.5, 0.6) is 0 Å². The number of rotatable bonds is 4. The first-order valence-electron chi connectivity index (χ1n) is 10.4. The minimum Gasteiger partial charge on any atom is -0.343 e. The normalized spacial score (nSPS) is 21.3. The van der Waals surface area contributed by atoms with Crippen LogP contribution in [0.3, 0.4) is 0 Å². The molecule has 0 bridgehead atoms. The summed E-state index contributed by atoms with van der Waals surface area (Å²) in [6.07, 6.45) is 1.10. The van der Waals surface area contributed by atoms with Crippen molar-refractivity contribution in [1.82, 2.24) is 9.80 Å². The Hall–Kier alpha value is -2.65. The highest BCUT2D eigenvalue weighted by molar-refractivity contribution is 7.80. The van der Waals surface area contributed by atoms with E-state index in [-0.39, 0.29) is 5.41 Å². The summed E-state index contributed by atoms with van der Waals surface area (Å²) in [7, 11) is 0. The first-order chi connectivity index (χ1) is 14.2. The fourth-order valence-corrected chi connectivity index (χ4v) is 5.63. The van der Waals surface area contributed by atoms with Gasteiger partial charge in [0.25, 0.3) is 0 Å². The van der Waals surface area contributed by atoms with Gasteiger partial charge in [0.05, 0.1) is 12.1 Å². The summed E-state index contributed by atoms with van der Waals surface area (Å²) in [6.45, 7) is 4.21. The van der Waals surface area contributed by atoms with Crippen LogP contribution in [-0.4, -0.2) is 34.0 Å².